The van der Waals surface area contributed by atoms with Crippen molar-refractivity contribution >= 4 is 10.4 Å². The molecule has 1 unspecified atom stereocenters. The van der Waals surface area contributed by atoms with Crippen LogP contribution in [0.1, 0.15) is 239 Å². The maximum absolute atomic E-state index is 11.1. The molecule has 266 valence electrons. The summed E-state index contributed by atoms with van der Waals surface area (Å²) in [5.74, 6) is 0.236. The van der Waals surface area contributed by atoms with E-state index in [2.05, 4.69) is 13.8 Å². The van der Waals surface area contributed by atoms with Gasteiger partial charge < -0.3 is 0 Å². The van der Waals surface area contributed by atoms with Gasteiger partial charge in [-0.1, -0.05) is 226 Å². The predicted molar refractivity (Wildman–Crippen MR) is 194 cm³/mol. The molecule has 0 bridgehead atoms. The Morgan fingerprint density at radius 2 is 0.591 bits per heavy atom. The van der Waals surface area contributed by atoms with E-state index in [1.54, 1.807) is 0 Å². The van der Waals surface area contributed by atoms with Crippen LogP contribution in [0.25, 0.3) is 0 Å². The predicted octanol–water partition coefficient (Wildman–Crippen LogP) is 14.1. The van der Waals surface area contributed by atoms with E-state index < -0.39 is 10.4 Å². The first kappa shape index (κ1) is 43.9. The highest BCUT2D eigenvalue weighted by Gasteiger charge is 2.13. The molecular weight excluding hydrogens is 564 g/mol. The molecule has 0 saturated heterocycles. The third-order valence-electron chi connectivity index (χ3n) is 9.63. The number of rotatable bonds is 38. The summed E-state index contributed by atoms with van der Waals surface area (Å²) in [6.07, 6.45) is 47.1. The van der Waals surface area contributed by atoms with Crippen LogP contribution in [0, 0.1) is 5.92 Å². The first-order valence-electron chi connectivity index (χ1n) is 20.1. The second-order valence-electron chi connectivity index (χ2n) is 14.1. The van der Waals surface area contributed by atoms with E-state index >= 15 is 0 Å². The fraction of sp³-hybridized carbons (Fsp3) is 1.00. The van der Waals surface area contributed by atoms with Gasteiger partial charge in [0.05, 0.1) is 6.61 Å². The van der Waals surface area contributed by atoms with Crippen molar-refractivity contribution in [2.45, 2.75) is 239 Å². The van der Waals surface area contributed by atoms with Gasteiger partial charge in [0.25, 0.3) is 0 Å². The third kappa shape index (κ3) is 38.1. The number of unbranched alkanes of at least 4 members (excludes halogenated alkanes) is 31. The summed E-state index contributed by atoms with van der Waals surface area (Å²) in [4.78, 5) is 0. The van der Waals surface area contributed by atoms with Crippen molar-refractivity contribution < 1.29 is 17.2 Å². The Morgan fingerprint density at radius 1 is 0.386 bits per heavy atom. The Balaban J connectivity index is 3.63. The Bertz CT molecular complexity index is 636. The van der Waals surface area contributed by atoms with Gasteiger partial charge >= 0.3 is 10.4 Å². The molecule has 4 nitrogen and oxygen atoms in total. The van der Waals surface area contributed by atoms with Crippen LogP contribution in [0.2, 0.25) is 0 Å². The van der Waals surface area contributed by atoms with E-state index in [1.165, 1.54) is 199 Å². The molecule has 0 spiro atoms. The summed E-state index contributed by atoms with van der Waals surface area (Å²) in [6.45, 7) is 4.70. The molecule has 5 heteroatoms. The fourth-order valence-electron chi connectivity index (χ4n) is 6.63. The largest absolute Gasteiger partial charge is 0.397 e. The molecule has 0 aromatic rings. The summed E-state index contributed by atoms with van der Waals surface area (Å²) in [6, 6.07) is 0. The van der Waals surface area contributed by atoms with Crippen molar-refractivity contribution in [3.05, 3.63) is 0 Å². The van der Waals surface area contributed by atoms with Crippen molar-refractivity contribution in [3.63, 3.8) is 0 Å². The summed E-state index contributed by atoms with van der Waals surface area (Å²) in [5, 5.41) is 0. The van der Waals surface area contributed by atoms with Gasteiger partial charge in [-0.15, -0.1) is 0 Å². The van der Waals surface area contributed by atoms with Crippen molar-refractivity contribution in [3.8, 4) is 0 Å². The van der Waals surface area contributed by atoms with Crippen LogP contribution in [-0.4, -0.2) is 19.6 Å². The SMILES string of the molecule is CCCCCCCCCCCCCCCCCCCCC(CCCCCCCCCCCCCCCCC)COS(=O)(=O)O. The van der Waals surface area contributed by atoms with Gasteiger partial charge in [0.15, 0.2) is 0 Å². The summed E-state index contributed by atoms with van der Waals surface area (Å²) in [5.41, 5.74) is 0. The van der Waals surface area contributed by atoms with E-state index in [1.807, 2.05) is 0 Å². The minimum Gasteiger partial charge on any atom is -0.264 e. The Kier molecular flexibility index (Phi) is 35.6. The highest BCUT2D eigenvalue weighted by Crippen LogP contribution is 2.21. The molecule has 0 aliphatic carbocycles. The lowest BCUT2D eigenvalue weighted by Gasteiger charge is -2.16. The number of hydrogen-bond donors (Lipinski definition) is 1. The van der Waals surface area contributed by atoms with E-state index in [0.717, 1.165) is 25.7 Å². The normalized spacial score (nSPS) is 12.7. The minimum absolute atomic E-state index is 0.135. The molecule has 1 atom stereocenters. The van der Waals surface area contributed by atoms with Crippen LogP contribution in [0.3, 0.4) is 0 Å². The maximum Gasteiger partial charge on any atom is 0.397 e. The van der Waals surface area contributed by atoms with E-state index in [9.17, 15) is 8.42 Å². The molecular formula is C39H80O4S. The average molecular weight is 645 g/mol. The van der Waals surface area contributed by atoms with E-state index in [-0.39, 0.29) is 12.5 Å². The Morgan fingerprint density at radius 3 is 0.795 bits per heavy atom. The topological polar surface area (TPSA) is 63.6 Å². The van der Waals surface area contributed by atoms with Gasteiger partial charge in [0.2, 0.25) is 0 Å². The van der Waals surface area contributed by atoms with Crippen LogP contribution in [0.5, 0.6) is 0 Å². The van der Waals surface area contributed by atoms with Crippen LogP contribution in [-0.2, 0) is 14.6 Å². The smallest absolute Gasteiger partial charge is 0.264 e. The van der Waals surface area contributed by atoms with Crippen LogP contribution < -0.4 is 0 Å². The summed E-state index contributed by atoms with van der Waals surface area (Å²) < 4.78 is 36.1. The van der Waals surface area contributed by atoms with Gasteiger partial charge in [-0.25, -0.2) is 4.18 Å². The quantitative estimate of drug-likeness (QED) is 0.0536. The summed E-state index contributed by atoms with van der Waals surface area (Å²) in [7, 11) is -4.34. The number of hydrogen-bond acceptors (Lipinski definition) is 3. The lowest BCUT2D eigenvalue weighted by Crippen LogP contribution is -2.14. The van der Waals surface area contributed by atoms with Crippen molar-refractivity contribution in [1.29, 1.82) is 0 Å². The van der Waals surface area contributed by atoms with E-state index in [0.29, 0.717) is 0 Å². The molecule has 0 aliphatic heterocycles. The lowest BCUT2D eigenvalue weighted by atomic mass is 9.94. The molecule has 0 rings (SSSR count). The van der Waals surface area contributed by atoms with Gasteiger partial charge in [0.1, 0.15) is 0 Å². The highest BCUT2D eigenvalue weighted by molar-refractivity contribution is 7.80. The molecule has 0 saturated carbocycles. The first-order valence-corrected chi connectivity index (χ1v) is 21.5. The standard InChI is InChI=1S/C39H80O4S/c1-3-5-7-9-11-13-15-17-19-20-21-23-25-27-29-31-33-35-37-39(38-43-44(40,41)42)36-34-32-30-28-26-24-22-18-16-14-12-10-8-6-4-2/h39H,3-38H2,1-2H3,(H,40,41,42). The molecule has 0 fully saturated rings. The molecule has 0 radical (unpaired) electrons. The van der Waals surface area contributed by atoms with Crippen molar-refractivity contribution in [1.82, 2.24) is 0 Å². The Hall–Kier alpha value is -0.130. The molecule has 0 heterocycles. The molecule has 0 amide bonds. The van der Waals surface area contributed by atoms with Crippen LogP contribution in [0.4, 0.5) is 0 Å². The van der Waals surface area contributed by atoms with Gasteiger partial charge in [-0.05, 0) is 18.8 Å². The molecule has 44 heavy (non-hydrogen) atoms. The monoisotopic (exact) mass is 645 g/mol. The zero-order valence-electron chi connectivity index (χ0n) is 30.1. The van der Waals surface area contributed by atoms with Crippen LogP contribution >= 0.6 is 0 Å². The van der Waals surface area contributed by atoms with Crippen LogP contribution in [0.15, 0.2) is 0 Å². The van der Waals surface area contributed by atoms with Gasteiger partial charge in [-0.3, -0.25) is 4.55 Å². The second kappa shape index (κ2) is 35.7. The average Bonchev–Trinajstić information content (AvgIpc) is 3.00. The Labute approximate surface area is 278 Å². The van der Waals surface area contributed by atoms with Crippen molar-refractivity contribution in [2.75, 3.05) is 6.61 Å². The van der Waals surface area contributed by atoms with Gasteiger partial charge in [0, 0.05) is 0 Å². The lowest BCUT2D eigenvalue weighted by molar-refractivity contribution is 0.204. The highest BCUT2D eigenvalue weighted by atomic mass is 32.3. The molecule has 0 aromatic heterocycles. The molecule has 0 aromatic carbocycles. The molecule has 0 aliphatic rings. The summed E-state index contributed by atoms with van der Waals surface area (Å²) >= 11 is 0. The fourth-order valence-corrected chi connectivity index (χ4v) is 7.00. The zero-order chi connectivity index (χ0) is 32.2. The third-order valence-corrected chi connectivity index (χ3v) is 10.1. The molecule has 1 N–H and O–H groups in total. The van der Waals surface area contributed by atoms with Gasteiger partial charge in [-0.2, -0.15) is 8.42 Å². The maximum atomic E-state index is 11.1. The minimum atomic E-state index is -4.34. The zero-order valence-corrected chi connectivity index (χ0v) is 30.9. The first-order chi connectivity index (χ1) is 21.5. The van der Waals surface area contributed by atoms with Crippen molar-refractivity contribution in [2.24, 2.45) is 5.92 Å². The van der Waals surface area contributed by atoms with E-state index in [4.69, 9.17) is 8.74 Å². The second-order valence-corrected chi connectivity index (χ2v) is 15.2.